The number of allylic oxidation sites excluding steroid dienone is 2. The molecule has 11 fully saturated rings. The second-order valence-corrected chi connectivity index (χ2v) is 33.5. The Morgan fingerprint density at radius 2 is 0.991 bits per heavy atom. The van der Waals surface area contributed by atoms with Gasteiger partial charge in [0, 0.05) is 0 Å². The van der Waals surface area contributed by atoms with Crippen LogP contribution in [0, 0.1) is 50.2 Å². The number of carboxylic acid groups (broad SMARTS) is 1. The molecule has 4 saturated carbocycles. The van der Waals surface area contributed by atoms with Gasteiger partial charge in [0.15, 0.2) is 49.9 Å². The summed E-state index contributed by atoms with van der Waals surface area (Å²) in [5.41, 5.74) is -3.61. The maximum atomic E-state index is 15.8. The lowest BCUT2D eigenvalue weighted by Crippen LogP contribution is -2.69. The van der Waals surface area contributed by atoms with E-state index in [1.165, 1.54) is 13.8 Å². The number of aliphatic hydroxyl groups excluding tert-OH is 18. The number of aliphatic hydroxyl groups is 18. The molecule has 106 heavy (non-hydrogen) atoms. The zero-order chi connectivity index (χ0) is 77.3. The van der Waals surface area contributed by atoms with Gasteiger partial charge in [0.2, 0.25) is 6.29 Å². The van der Waals surface area contributed by atoms with E-state index < -0.39 is 286 Å². The van der Waals surface area contributed by atoms with Crippen molar-refractivity contribution in [2.45, 2.75) is 328 Å². The Kier molecular flexibility index (Phi) is 24.3. The van der Waals surface area contributed by atoms with E-state index in [2.05, 4.69) is 40.7 Å². The summed E-state index contributed by atoms with van der Waals surface area (Å²) in [6.45, 7) is 12.6. The number of aliphatic carboxylic acids is 1. The maximum absolute atomic E-state index is 15.8. The molecular formula is C70H110O36. The lowest BCUT2D eigenvalue weighted by Gasteiger charge is -2.71. The standard InChI is InChI=1S/C70H110O36/c1-25-36(76)41(81)45(85)58(95-25)101-51-48(88)53(56(90)91)103-63(55(51)105-60-47(87)43(83)40(80)32(21-72)98-60)99-35-12-13-66(5)33(67(35,6)24-73)11-14-69(8)34(66)10-9-27-28-19-65(3,4)15-17-70(28,18-16-68(27,69)7)64(92)106-62-54(38(78)30(75)23-94-62)104-61-49(89)52(102-59-46(86)42(82)39(79)31(20-71)97-59)50(26(2)96-61)100-57-44(84)37(77)29(74)22-93-57/h9,24-26,28-55,57-63,71-72,74-89H,10-23H2,1-8H3,(H,90,91)/t25?,26?,28-,29+,30-,31?,32?,33?,34?,35?,36-,37+,38+,39+,40-,41-,42+,43+,44?,45?,46?,47?,48-,49?,50-,51+,52+,53?,54?,55?,57-,58-,59-,60-,61-,62-,63+,66-,67-,68+,69+,70-/m0/s1. The molecule has 36 heteroatoms. The molecule has 36 nitrogen and oxygen atoms in total. The molecule has 0 aromatic carbocycles. The highest BCUT2D eigenvalue weighted by Crippen LogP contribution is 2.76. The van der Waals surface area contributed by atoms with Crippen LogP contribution in [-0.4, -0.2) is 351 Å². The van der Waals surface area contributed by atoms with Crippen molar-refractivity contribution >= 4 is 18.2 Å². The number of carbonyl (C=O) groups is 3. The predicted molar refractivity (Wildman–Crippen MR) is 347 cm³/mol. The van der Waals surface area contributed by atoms with Crippen LogP contribution in [-0.2, 0) is 80.7 Å². The largest absolute Gasteiger partial charge is 0.479 e. The minimum atomic E-state index is -2.22. The number of hydrogen-bond donors (Lipinski definition) is 19. The normalized spacial score (nSPS) is 54.7. The number of aldehydes is 1. The van der Waals surface area contributed by atoms with Crippen molar-refractivity contribution in [3.63, 3.8) is 0 Å². The molecule has 15 unspecified atom stereocenters. The van der Waals surface area contributed by atoms with Gasteiger partial charge in [-0.15, -0.1) is 0 Å². The van der Waals surface area contributed by atoms with Gasteiger partial charge in [-0.3, -0.25) is 4.79 Å². The molecule has 42 atom stereocenters. The minimum Gasteiger partial charge on any atom is -0.479 e. The molecule has 12 rings (SSSR count). The van der Waals surface area contributed by atoms with Gasteiger partial charge in [-0.25, -0.2) is 4.79 Å². The Bertz CT molecular complexity index is 3100. The summed E-state index contributed by atoms with van der Waals surface area (Å²) in [7, 11) is 0. The van der Waals surface area contributed by atoms with Gasteiger partial charge < -0.3 is 168 Å². The molecule has 0 radical (unpaired) electrons. The Morgan fingerprint density at radius 1 is 0.481 bits per heavy atom. The van der Waals surface area contributed by atoms with Crippen LogP contribution in [0.25, 0.3) is 0 Å². The first-order valence-electron chi connectivity index (χ1n) is 36.9. The summed E-state index contributed by atoms with van der Waals surface area (Å²) in [5, 5.41) is 207. The third-order valence-electron chi connectivity index (χ3n) is 26.8. The topological polar surface area (TPSA) is 565 Å². The van der Waals surface area contributed by atoms with Crippen LogP contribution in [0.15, 0.2) is 11.6 Å². The quantitative estimate of drug-likeness (QED) is 0.0263. The zero-order valence-corrected chi connectivity index (χ0v) is 60.4. The number of ether oxygens (including phenoxy) is 14. The molecule has 606 valence electrons. The van der Waals surface area contributed by atoms with Crippen LogP contribution >= 0.6 is 0 Å². The molecule has 5 aliphatic carbocycles. The summed E-state index contributed by atoms with van der Waals surface area (Å²) in [4.78, 5) is 43.1. The highest BCUT2D eigenvalue weighted by atomic mass is 16.8. The summed E-state index contributed by atoms with van der Waals surface area (Å²) in [5.74, 6) is -3.43. The Hall–Kier alpha value is -2.89. The molecule has 19 N–H and O–H groups in total. The van der Waals surface area contributed by atoms with E-state index in [0.717, 1.165) is 11.9 Å². The first-order valence-corrected chi connectivity index (χ1v) is 36.9. The molecule has 0 amide bonds. The number of carboxylic acids is 1. The number of esters is 1. The van der Waals surface area contributed by atoms with Gasteiger partial charge in [-0.1, -0.05) is 53.2 Å². The second-order valence-electron chi connectivity index (χ2n) is 33.5. The number of carbonyl (C=O) groups excluding carboxylic acids is 2. The Balaban J connectivity index is 0.800. The summed E-state index contributed by atoms with van der Waals surface area (Å²) in [6.07, 6.45) is -53.9. The van der Waals surface area contributed by atoms with Crippen molar-refractivity contribution in [1.82, 2.24) is 0 Å². The first-order chi connectivity index (χ1) is 49.8. The van der Waals surface area contributed by atoms with Crippen LogP contribution < -0.4 is 0 Å². The molecule has 0 spiro atoms. The third-order valence-corrected chi connectivity index (χ3v) is 26.8. The van der Waals surface area contributed by atoms with Crippen LogP contribution in [0.3, 0.4) is 0 Å². The SMILES string of the molecule is CC1O[C@@H](O[C@H]2C(O[C@@H]3OC(CO)[C@H](O)[C@@H](O)C3O)[C@H](OC3CC[C@@]4(C)C(CC[C@]5(C)C4CC=C4[C@@H]6CC(C)(C)CC[C@]6(C(=O)O[C@@H]6OC[C@H](O)[C@@H](O)C6O[C@@H]6OC(C)[C@H](O[C@@H]7OC[C@@H](O)[C@@H](O)C7O)[C@H](O[C@@H]7OC(CO)[C@@H](O)[C@@H](O)C7O)C6O)CC[C@]45C)[C@]3(C)C=O)OC(C(=O)O)[C@H]2O)C(O)[C@@H](O)[C@H]1O. The van der Waals surface area contributed by atoms with Crippen LogP contribution in [0.2, 0.25) is 0 Å². The highest BCUT2D eigenvalue weighted by molar-refractivity contribution is 5.79. The van der Waals surface area contributed by atoms with E-state index >= 15 is 4.79 Å². The fourth-order valence-corrected chi connectivity index (χ4v) is 20.1. The summed E-state index contributed by atoms with van der Waals surface area (Å²) < 4.78 is 84.9. The van der Waals surface area contributed by atoms with Crippen molar-refractivity contribution in [2.75, 3.05) is 26.4 Å². The lowest BCUT2D eigenvalue weighted by atomic mass is 9.33. The fraction of sp³-hybridized carbons (Fsp3) is 0.929. The van der Waals surface area contributed by atoms with E-state index in [1.54, 1.807) is 6.92 Å². The smallest absolute Gasteiger partial charge is 0.335 e. The van der Waals surface area contributed by atoms with Crippen molar-refractivity contribution < 1.29 is 178 Å². The van der Waals surface area contributed by atoms with Gasteiger partial charge in [0.25, 0.3) is 0 Å². The molecule has 0 aromatic rings. The average Bonchev–Trinajstić information content (AvgIpc) is 0.674. The average molecular weight is 1530 g/mol. The van der Waals surface area contributed by atoms with Crippen molar-refractivity contribution in [3.05, 3.63) is 11.6 Å². The zero-order valence-electron chi connectivity index (χ0n) is 60.4. The summed E-state index contributed by atoms with van der Waals surface area (Å²) >= 11 is 0. The lowest BCUT2D eigenvalue weighted by molar-refractivity contribution is -0.394. The van der Waals surface area contributed by atoms with Gasteiger partial charge in [0.1, 0.15) is 141 Å². The van der Waals surface area contributed by atoms with E-state index in [1.807, 2.05) is 0 Å². The second kappa shape index (κ2) is 31.1. The number of rotatable bonds is 18. The van der Waals surface area contributed by atoms with Crippen molar-refractivity contribution in [2.24, 2.45) is 50.2 Å². The predicted octanol–water partition coefficient (Wildman–Crippen LogP) is -5.96. The molecule has 0 aromatic heterocycles. The summed E-state index contributed by atoms with van der Waals surface area (Å²) in [6, 6.07) is 0. The van der Waals surface area contributed by atoms with Crippen LogP contribution in [0.4, 0.5) is 0 Å². The van der Waals surface area contributed by atoms with Crippen molar-refractivity contribution in [3.8, 4) is 0 Å². The van der Waals surface area contributed by atoms with E-state index in [0.29, 0.717) is 57.8 Å². The third kappa shape index (κ3) is 14.2. The van der Waals surface area contributed by atoms with E-state index in [4.69, 9.17) is 66.3 Å². The van der Waals surface area contributed by atoms with Crippen LogP contribution in [0.1, 0.15) is 120 Å². The molecule has 12 aliphatic rings. The van der Waals surface area contributed by atoms with Crippen LogP contribution in [0.5, 0.6) is 0 Å². The van der Waals surface area contributed by atoms with Gasteiger partial charge in [-0.2, -0.15) is 0 Å². The Morgan fingerprint density at radius 3 is 1.58 bits per heavy atom. The molecular weight excluding hydrogens is 1420 g/mol. The van der Waals surface area contributed by atoms with Crippen molar-refractivity contribution in [1.29, 1.82) is 0 Å². The monoisotopic (exact) mass is 1530 g/mol. The van der Waals surface area contributed by atoms with E-state index in [-0.39, 0.29) is 17.8 Å². The van der Waals surface area contributed by atoms with Gasteiger partial charge >= 0.3 is 11.9 Å². The molecule has 7 aliphatic heterocycles. The number of hydrogen-bond acceptors (Lipinski definition) is 35. The minimum absolute atomic E-state index is 0.126. The highest BCUT2D eigenvalue weighted by Gasteiger charge is 2.72. The fourth-order valence-electron chi connectivity index (χ4n) is 20.1. The Labute approximate surface area is 610 Å². The number of fused-ring (bicyclic) bond motifs is 7. The van der Waals surface area contributed by atoms with E-state index in [9.17, 15) is 107 Å². The molecule has 7 heterocycles. The molecule has 7 saturated heterocycles. The molecule has 0 bridgehead atoms. The van der Waals surface area contributed by atoms with Gasteiger partial charge in [-0.05, 0) is 117 Å². The first kappa shape index (κ1) is 82.6. The van der Waals surface area contributed by atoms with Gasteiger partial charge in [0.05, 0.1) is 55.6 Å². The maximum Gasteiger partial charge on any atom is 0.335 e.